The molecule has 6 heteroatoms. The zero-order chi connectivity index (χ0) is 15.1. The van der Waals surface area contributed by atoms with Crippen LogP contribution in [0.5, 0.6) is 0 Å². The zero-order valence-electron chi connectivity index (χ0n) is 11.5. The van der Waals surface area contributed by atoms with Crippen molar-refractivity contribution in [2.24, 2.45) is 0 Å². The van der Waals surface area contributed by atoms with E-state index in [-0.39, 0.29) is 12.5 Å². The van der Waals surface area contributed by atoms with Crippen LogP contribution in [0.1, 0.15) is 12.5 Å². The molecular formula is C14H18BrN3OS. The van der Waals surface area contributed by atoms with E-state index < -0.39 is 0 Å². The average molecular weight is 356 g/mol. The molecule has 0 fully saturated rings. The van der Waals surface area contributed by atoms with E-state index in [1.54, 1.807) is 0 Å². The second kappa shape index (κ2) is 8.01. The third kappa shape index (κ3) is 6.16. The molecule has 0 aliphatic carbocycles. The first kappa shape index (κ1) is 16.7. The molecule has 4 nitrogen and oxygen atoms in total. The van der Waals surface area contributed by atoms with Gasteiger partial charge in [-0.3, -0.25) is 4.79 Å². The molecule has 1 aromatic rings. The Morgan fingerprint density at radius 1 is 1.35 bits per heavy atom. The van der Waals surface area contributed by atoms with Crippen LogP contribution in [-0.2, 0) is 4.79 Å². The summed E-state index contributed by atoms with van der Waals surface area (Å²) >= 11 is 8.43. The van der Waals surface area contributed by atoms with Gasteiger partial charge in [0.05, 0.1) is 6.54 Å². The number of benzene rings is 1. The third-order valence-corrected chi connectivity index (χ3v) is 3.20. The molecule has 0 atom stereocenters. The van der Waals surface area contributed by atoms with Gasteiger partial charge in [0, 0.05) is 16.7 Å². The number of hydrogen-bond acceptors (Lipinski definition) is 2. The van der Waals surface area contributed by atoms with Crippen molar-refractivity contribution in [3.63, 3.8) is 0 Å². The molecule has 0 saturated heterocycles. The smallest absolute Gasteiger partial charge is 0.243 e. The molecule has 0 aliphatic heterocycles. The molecule has 108 valence electrons. The van der Waals surface area contributed by atoms with Crippen molar-refractivity contribution in [3.8, 4) is 0 Å². The monoisotopic (exact) mass is 355 g/mol. The summed E-state index contributed by atoms with van der Waals surface area (Å²) in [7, 11) is 0. The van der Waals surface area contributed by atoms with Crippen LogP contribution in [0.15, 0.2) is 34.8 Å². The van der Waals surface area contributed by atoms with Crippen LogP contribution in [0.25, 0.3) is 0 Å². The Labute approximate surface area is 133 Å². The van der Waals surface area contributed by atoms with E-state index in [0.717, 1.165) is 21.3 Å². The fourth-order valence-corrected chi connectivity index (χ4v) is 2.04. The number of hydrogen-bond donors (Lipinski definition) is 3. The first-order valence-electron chi connectivity index (χ1n) is 6.10. The van der Waals surface area contributed by atoms with Crippen LogP contribution in [-0.4, -0.2) is 24.1 Å². The molecule has 0 radical (unpaired) electrons. The van der Waals surface area contributed by atoms with Crippen molar-refractivity contribution in [2.75, 3.05) is 18.4 Å². The number of thiocarbonyl (C=S) groups is 1. The summed E-state index contributed by atoms with van der Waals surface area (Å²) in [6.07, 6.45) is 0. The topological polar surface area (TPSA) is 53.2 Å². The number of rotatable bonds is 5. The summed E-state index contributed by atoms with van der Waals surface area (Å²) in [4.78, 5) is 11.8. The standard InChI is InChI=1S/C14H18BrN3OS/c1-9(2)7-16-14(20)17-8-13(19)18-12-5-4-11(15)6-10(12)3/h4-6H,1,7-8H2,2-3H3,(H,18,19)(H2,16,17,20). The van der Waals surface area contributed by atoms with Crippen LogP contribution in [0.3, 0.4) is 0 Å². The van der Waals surface area contributed by atoms with Crippen LogP contribution in [0.4, 0.5) is 5.69 Å². The maximum absolute atomic E-state index is 11.8. The summed E-state index contributed by atoms with van der Waals surface area (Å²) in [5.74, 6) is -0.144. The number of nitrogens with one attached hydrogen (secondary N) is 3. The normalized spacial score (nSPS) is 9.75. The molecule has 0 aliphatic rings. The van der Waals surface area contributed by atoms with E-state index in [2.05, 4.69) is 38.5 Å². The predicted molar refractivity (Wildman–Crippen MR) is 90.9 cm³/mol. The largest absolute Gasteiger partial charge is 0.359 e. The lowest BCUT2D eigenvalue weighted by atomic mass is 10.2. The van der Waals surface area contributed by atoms with Gasteiger partial charge in [-0.05, 0) is 49.8 Å². The molecule has 0 heterocycles. The highest BCUT2D eigenvalue weighted by Crippen LogP contribution is 2.19. The quantitative estimate of drug-likeness (QED) is 0.561. The maximum Gasteiger partial charge on any atom is 0.243 e. The molecule has 0 bridgehead atoms. The molecule has 0 unspecified atom stereocenters. The summed E-state index contributed by atoms with van der Waals surface area (Å²) in [6, 6.07) is 5.69. The maximum atomic E-state index is 11.8. The van der Waals surface area contributed by atoms with Gasteiger partial charge in [-0.1, -0.05) is 28.1 Å². The van der Waals surface area contributed by atoms with E-state index in [1.165, 1.54) is 0 Å². The lowest BCUT2D eigenvalue weighted by Crippen LogP contribution is -2.40. The summed E-state index contributed by atoms with van der Waals surface area (Å²) in [5.41, 5.74) is 2.76. The van der Waals surface area contributed by atoms with E-state index in [4.69, 9.17) is 12.2 Å². The van der Waals surface area contributed by atoms with Crippen molar-refractivity contribution < 1.29 is 4.79 Å². The van der Waals surface area contributed by atoms with Crippen molar-refractivity contribution in [1.82, 2.24) is 10.6 Å². The van der Waals surface area contributed by atoms with Crippen molar-refractivity contribution in [3.05, 3.63) is 40.4 Å². The van der Waals surface area contributed by atoms with Gasteiger partial charge in [-0.25, -0.2) is 0 Å². The van der Waals surface area contributed by atoms with Crippen molar-refractivity contribution in [2.45, 2.75) is 13.8 Å². The van der Waals surface area contributed by atoms with Gasteiger partial charge in [0.1, 0.15) is 0 Å². The number of halogens is 1. The highest BCUT2D eigenvalue weighted by Gasteiger charge is 2.05. The fourth-order valence-electron chi connectivity index (χ4n) is 1.42. The Bertz CT molecular complexity index is 531. The lowest BCUT2D eigenvalue weighted by molar-refractivity contribution is -0.115. The molecule has 1 rings (SSSR count). The zero-order valence-corrected chi connectivity index (χ0v) is 14.0. The fraction of sp³-hybridized carbons (Fsp3) is 0.286. The van der Waals surface area contributed by atoms with Gasteiger partial charge < -0.3 is 16.0 Å². The minimum Gasteiger partial charge on any atom is -0.359 e. The van der Waals surface area contributed by atoms with Gasteiger partial charge >= 0.3 is 0 Å². The number of aryl methyl sites for hydroxylation is 1. The van der Waals surface area contributed by atoms with Crippen LogP contribution >= 0.6 is 28.1 Å². The minimum atomic E-state index is -0.144. The summed E-state index contributed by atoms with van der Waals surface area (Å²) < 4.78 is 0.983. The second-order valence-electron chi connectivity index (χ2n) is 4.50. The van der Waals surface area contributed by atoms with Crippen LogP contribution < -0.4 is 16.0 Å². The Balaban J connectivity index is 2.40. The molecule has 3 N–H and O–H groups in total. The van der Waals surface area contributed by atoms with Crippen molar-refractivity contribution >= 4 is 44.9 Å². The third-order valence-electron chi connectivity index (χ3n) is 2.42. The van der Waals surface area contributed by atoms with E-state index in [1.807, 2.05) is 32.0 Å². The Kier molecular flexibility index (Phi) is 6.67. The summed E-state index contributed by atoms with van der Waals surface area (Å²) in [6.45, 7) is 8.32. The van der Waals surface area contributed by atoms with Gasteiger partial charge in [-0.15, -0.1) is 0 Å². The van der Waals surface area contributed by atoms with Gasteiger partial charge in [0.25, 0.3) is 0 Å². The molecule has 0 saturated carbocycles. The van der Waals surface area contributed by atoms with Crippen molar-refractivity contribution in [1.29, 1.82) is 0 Å². The number of carbonyl (C=O) groups excluding carboxylic acids is 1. The highest BCUT2D eigenvalue weighted by molar-refractivity contribution is 9.10. The summed E-state index contributed by atoms with van der Waals surface area (Å²) in [5, 5.41) is 9.07. The van der Waals surface area contributed by atoms with Crippen LogP contribution in [0.2, 0.25) is 0 Å². The number of anilines is 1. The first-order chi connectivity index (χ1) is 9.38. The van der Waals surface area contributed by atoms with E-state index in [9.17, 15) is 4.79 Å². The molecule has 1 aromatic carbocycles. The number of amides is 1. The van der Waals surface area contributed by atoms with Gasteiger partial charge in [0.2, 0.25) is 5.91 Å². The molecule has 0 spiro atoms. The highest BCUT2D eigenvalue weighted by atomic mass is 79.9. The Hall–Kier alpha value is -1.40. The van der Waals surface area contributed by atoms with Gasteiger partial charge in [-0.2, -0.15) is 0 Å². The SMILES string of the molecule is C=C(C)CNC(=S)NCC(=O)Nc1ccc(Br)cc1C. The van der Waals surface area contributed by atoms with E-state index in [0.29, 0.717) is 11.7 Å². The Morgan fingerprint density at radius 3 is 2.60 bits per heavy atom. The first-order valence-corrected chi connectivity index (χ1v) is 7.30. The number of carbonyl (C=O) groups is 1. The van der Waals surface area contributed by atoms with Gasteiger partial charge in [0.15, 0.2) is 5.11 Å². The molecule has 20 heavy (non-hydrogen) atoms. The Morgan fingerprint density at radius 2 is 2.00 bits per heavy atom. The average Bonchev–Trinajstić information content (AvgIpc) is 2.37. The minimum absolute atomic E-state index is 0.123. The molecule has 1 amide bonds. The van der Waals surface area contributed by atoms with Crippen LogP contribution in [0, 0.1) is 6.92 Å². The second-order valence-corrected chi connectivity index (χ2v) is 5.82. The van der Waals surface area contributed by atoms with E-state index >= 15 is 0 Å². The molecule has 0 aromatic heterocycles. The lowest BCUT2D eigenvalue weighted by Gasteiger charge is -2.12. The predicted octanol–water partition coefficient (Wildman–Crippen LogP) is 2.74. The molecular weight excluding hydrogens is 338 g/mol.